The minimum atomic E-state index is -2.47. The Morgan fingerprint density at radius 1 is 1.50 bits per heavy atom. The van der Waals surface area contributed by atoms with Gasteiger partial charge in [-0.2, -0.15) is 0 Å². The van der Waals surface area contributed by atoms with Gasteiger partial charge >= 0.3 is 5.97 Å². The number of hydrogen-bond donors (Lipinski definition) is 0. The van der Waals surface area contributed by atoms with Crippen molar-refractivity contribution < 1.29 is 18.6 Å². The van der Waals surface area contributed by atoms with E-state index < -0.39 is 13.3 Å². The molecule has 0 saturated heterocycles. The Labute approximate surface area is 84.7 Å². The van der Waals surface area contributed by atoms with Gasteiger partial charge in [0.2, 0.25) is 0 Å². The zero-order chi connectivity index (χ0) is 11.2. The summed E-state index contributed by atoms with van der Waals surface area (Å²) in [5, 5.41) is 0. The summed E-state index contributed by atoms with van der Waals surface area (Å²) in [6, 6.07) is 0. The van der Waals surface area contributed by atoms with E-state index in [1.807, 2.05) is 0 Å². The molecule has 0 aromatic carbocycles. The molecule has 4 nitrogen and oxygen atoms in total. The monoisotopic (exact) mass is 220 g/mol. The lowest BCUT2D eigenvalue weighted by Gasteiger charge is -2.10. The van der Waals surface area contributed by atoms with Crippen molar-refractivity contribution in [2.24, 2.45) is 0 Å². The van der Waals surface area contributed by atoms with Crippen molar-refractivity contribution in [3.63, 3.8) is 0 Å². The van der Waals surface area contributed by atoms with Crippen LogP contribution in [0.1, 0.15) is 13.3 Å². The molecule has 0 bridgehead atoms. The van der Waals surface area contributed by atoms with E-state index in [0.717, 1.165) is 0 Å². The van der Waals surface area contributed by atoms with Crippen molar-refractivity contribution in [2.45, 2.75) is 13.3 Å². The maximum atomic E-state index is 11.4. The zero-order valence-electron chi connectivity index (χ0n) is 8.91. The molecular weight excluding hydrogens is 203 g/mol. The van der Waals surface area contributed by atoms with E-state index in [-0.39, 0.29) is 6.61 Å². The molecule has 0 aromatic rings. The van der Waals surface area contributed by atoms with Gasteiger partial charge in [0, 0.05) is 25.5 Å². The predicted molar refractivity (Wildman–Crippen MR) is 55.8 cm³/mol. The van der Waals surface area contributed by atoms with E-state index in [1.54, 1.807) is 13.6 Å². The van der Waals surface area contributed by atoms with Gasteiger partial charge in [-0.3, -0.25) is 4.57 Å². The molecule has 0 aliphatic heterocycles. The maximum absolute atomic E-state index is 11.4. The first-order valence-electron chi connectivity index (χ1n) is 4.34. The Balaban J connectivity index is 3.62. The second kappa shape index (κ2) is 5.99. The summed E-state index contributed by atoms with van der Waals surface area (Å²) in [5.74, 6) is -0.409. The quantitative estimate of drug-likeness (QED) is 0.297. The van der Waals surface area contributed by atoms with Gasteiger partial charge in [-0.05, 0) is 13.3 Å². The van der Waals surface area contributed by atoms with Crippen molar-refractivity contribution in [1.29, 1.82) is 0 Å². The van der Waals surface area contributed by atoms with Crippen molar-refractivity contribution >= 4 is 13.3 Å². The van der Waals surface area contributed by atoms with Gasteiger partial charge < -0.3 is 9.26 Å². The van der Waals surface area contributed by atoms with Crippen LogP contribution in [0.4, 0.5) is 0 Å². The normalized spacial score (nSPS) is 14.5. The highest BCUT2D eigenvalue weighted by Gasteiger charge is 2.13. The van der Waals surface area contributed by atoms with E-state index in [1.165, 1.54) is 7.11 Å². The first-order chi connectivity index (χ1) is 6.39. The molecular formula is C9H17O4P. The molecule has 5 heteroatoms. The van der Waals surface area contributed by atoms with Gasteiger partial charge in [0.1, 0.15) is 0 Å². The summed E-state index contributed by atoms with van der Waals surface area (Å²) < 4.78 is 21.0. The van der Waals surface area contributed by atoms with Crippen molar-refractivity contribution in [1.82, 2.24) is 0 Å². The average molecular weight is 220 g/mol. The third kappa shape index (κ3) is 5.95. The SMILES string of the molecule is C=C(C)C(=O)OCCCP(C)(=O)OC. The second-order valence-corrected chi connectivity index (χ2v) is 6.03. The molecule has 0 aromatic heterocycles. The summed E-state index contributed by atoms with van der Waals surface area (Å²) in [6.07, 6.45) is 0.966. The lowest BCUT2D eigenvalue weighted by Crippen LogP contribution is -2.07. The highest BCUT2D eigenvalue weighted by molar-refractivity contribution is 7.58. The highest BCUT2D eigenvalue weighted by atomic mass is 31.2. The van der Waals surface area contributed by atoms with Gasteiger partial charge in [-0.15, -0.1) is 0 Å². The van der Waals surface area contributed by atoms with E-state index in [4.69, 9.17) is 9.26 Å². The summed E-state index contributed by atoms with van der Waals surface area (Å²) in [7, 11) is -1.05. The lowest BCUT2D eigenvalue weighted by atomic mass is 10.4. The molecule has 0 N–H and O–H groups in total. The number of rotatable bonds is 6. The molecule has 0 amide bonds. The number of esters is 1. The molecule has 0 saturated carbocycles. The van der Waals surface area contributed by atoms with Crippen LogP contribution in [0.3, 0.4) is 0 Å². The summed E-state index contributed by atoms with van der Waals surface area (Å²) in [4.78, 5) is 10.9. The molecule has 1 atom stereocenters. The Kier molecular flexibility index (Phi) is 5.73. The van der Waals surface area contributed by atoms with Crippen LogP contribution in [0.5, 0.6) is 0 Å². The number of carbonyl (C=O) groups is 1. The second-order valence-electron chi connectivity index (χ2n) is 3.19. The molecule has 82 valence electrons. The topological polar surface area (TPSA) is 52.6 Å². The Bertz CT molecular complexity index is 260. The first kappa shape index (κ1) is 13.4. The van der Waals surface area contributed by atoms with Crippen molar-refractivity contribution in [3.05, 3.63) is 12.2 Å². The largest absolute Gasteiger partial charge is 0.462 e. The van der Waals surface area contributed by atoms with Crippen molar-refractivity contribution in [3.8, 4) is 0 Å². The zero-order valence-corrected chi connectivity index (χ0v) is 9.80. The minimum Gasteiger partial charge on any atom is -0.462 e. The Morgan fingerprint density at radius 3 is 2.50 bits per heavy atom. The predicted octanol–water partition coefficient (Wildman–Crippen LogP) is 2.05. The van der Waals surface area contributed by atoms with Crippen LogP contribution in [0.15, 0.2) is 12.2 Å². The molecule has 0 fully saturated rings. The fraction of sp³-hybridized carbons (Fsp3) is 0.667. The van der Waals surface area contributed by atoms with Crippen LogP contribution >= 0.6 is 7.37 Å². The van der Waals surface area contributed by atoms with E-state index >= 15 is 0 Å². The fourth-order valence-corrected chi connectivity index (χ4v) is 1.62. The first-order valence-corrected chi connectivity index (χ1v) is 6.59. The van der Waals surface area contributed by atoms with E-state index in [0.29, 0.717) is 18.2 Å². The van der Waals surface area contributed by atoms with Crippen LogP contribution in [-0.2, 0) is 18.6 Å². The third-order valence-electron chi connectivity index (χ3n) is 1.68. The van der Waals surface area contributed by atoms with Gasteiger partial charge in [0.05, 0.1) is 6.61 Å². The summed E-state index contributed by atoms with van der Waals surface area (Å²) >= 11 is 0. The van der Waals surface area contributed by atoms with Crippen molar-refractivity contribution in [2.75, 3.05) is 26.5 Å². The molecule has 1 unspecified atom stereocenters. The Morgan fingerprint density at radius 2 is 2.07 bits per heavy atom. The molecule has 0 spiro atoms. The van der Waals surface area contributed by atoms with Crippen LogP contribution in [0.2, 0.25) is 0 Å². The number of ether oxygens (including phenoxy) is 1. The molecule has 0 aliphatic rings. The van der Waals surface area contributed by atoms with Crippen LogP contribution in [0, 0.1) is 0 Å². The summed E-state index contributed by atoms with van der Waals surface area (Å²) in [6.45, 7) is 6.85. The van der Waals surface area contributed by atoms with E-state index in [2.05, 4.69) is 6.58 Å². The fourth-order valence-electron chi connectivity index (χ4n) is 0.731. The number of carbonyl (C=O) groups excluding carboxylic acids is 1. The lowest BCUT2D eigenvalue weighted by molar-refractivity contribution is -0.138. The average Bonchev–Trinajstić information content (AvgIpc) is 2.12. The van der Waals surface area contributed by atoms with Gasteiger partial charge in [0.15, 0.2) is 7.37 Å². The minimum absolute atomic E-state index is 0.257. The van der Waals surface area contributed by atoms with Crippen LogP contribution in [0.25, 0.3) is 0 Å². The smallest absolute Gasteiger partial charge is 0.333 e. The maximum Gasteiger partial charge on any atom is 0.333 e. The molecule has 0 rings (SSSR count). The van der Waals surface area contributed by atoms with Crippen LogP contribution in [-0.4, -0.2) is 32.5 Å². The molecule has 0 heterocycles. The highest BCUT2D eigenvalue weighted by Crippen LogP contribution is 2.41. The van der Waals surface area contributed by atoms with Gasteiger partial charge in [0.25, 0.3) is 0 Å². The standard InChI is InChI=1S/C9H17O4P/c1-8(2)9(10)13-6-5-7-14(4,11)12-3/h1,5-7H2,2-4H3. The van der Waals surface area contributed by atoms with Gasteiger partial charge in [-0.25, -0.2) is 4.79 Å². The molecule has 0 radical (unpaired) electrons. The third-order valence-corrected chi connectivity index (χ3v) is 3.58. The van der Waals surface area contributed by atoms with E-state index in [9.17, 15) is 9.36 Å². The number of hydrogen-bond acceptors (Lipinski definition) is 4. The van der Waals surface area contributed by atoms with Gasteiger partial charge in [-0.1, -0.05) is 6.58 Å². The van der Waals surface area contributed by atoms with Crippen LogP contribution < -0.4 is 0 Å². The summed E-state index contributed by atoms with van der Waals surface area (Å²) in [5.41, 5.74) is 0.372. The molecule has 14 heavy (non-hydrogen) atoms. The Hall–Kier alpha value is -0.600. The molecule has 0 aliphatic carbocycles.